The van der Waals surface area contributed by atoms with Crippen molar-refractivity contribution < 1.29 is 23.1 Å². The van der Waals surface area contributed by atoms with Crippen LogP contribution < -0.4 is 4.80 Å². The molecule has 0 spiro atoms. The van der Waals surface area contributed by atoms with Gasteiger partial charge in [-0.3, -0.25) is 9.59 Å². The molecule has 1 heterocycles. The second kappa shape index (κ2) is 8.22. The first-order valence-corrected chi connectivity index (χ1v) is 9.08. The van der Waals surface area contributed by atoms with Crippen LogP contribution in [-0.4, -0.2) is 23.1 Å². The molecule has 140 valence electrons. The Morgan fingerprint density at radius 1 is 1.11 bits per heavy atom. The summed E-state index contributed by atoms with van der Waals surface area (Å²) in [6.45, 7) is 2.23. The third kappa shape index (κ3) is 4.46. The van der Waals surface area contributed by atoms with E-state index in [1.54, 1.807) is 17.6 Å². The maximum atomic E-state index is 13.5. The molecular weight excluding hydrogens is 374 g/mol. The van der Waals surface area contributed by atoms with Crippen molar-refractivity contribution in [2.75, 3.05) is 6.61 Å². The highest BCUT2D eigenvalue weighted by Crippen LogP contribution is 2.19. The van der Waals surface area contributed by atoms with Gasteiger partial charge in [0.25, 0.3) is 5.91 Å². The summed E-state index contributed by atoms with van der Waals surface area (Å²) in [7, 11) is 0. The lowest BCUT2D eigenvalue weighted by Crippen LogP contribution is -2.19. The van der Waals surface area contributed by atoms with E-state index < -0.39 is 17.5 Å². The summed E-state index contributed by atoms with van der Waals surface area (Å²) in [6, 6.07) is 9.28. The molecule has 0 atom stereocenters. The average molecular weight is 390 g/mol. The molecule has 0 bridgehead atoms. The van der Waals surface area contributed by atoms with E-state index >= 15 is 0 Å². The predicted octanol–water partition coefficient (Wildman–Crippen LogP) is 3.68. The number of halogens is 2. The van der Waals surface area contributed by atoms with Gasteiger partial charge in [0.2, 0.25) is 0 Å². The molecule has 0 aliphatic heterocycles. The number of aromatic nitrogens is 1. The standard InChI is InChI=1S/C19H16F2N2O3S/c1-2-26-17(24)9-10-23-15-8-7-14(21)11-16(15)27-19(23)22-18(25)12-3-5-13(20)6-4-12/h3-8,11H,2,9-10H2,1H3. The van der Waals surface area contributed by atoms with Crippen LogP contribution in [-0.2, 0) is 16.1 Å². The van der Waals surface area contributed by atoms with Gasteiger partial charge in [-0.25, -0.2) is 8.78 Å². The second-order valence-corrected chi connectivity index (χ2v) is 6.64. The third-order valence-corrected chi connectivity index (χ3v) is 4.82. The number of ether oxygens (including phenoxy) is 1. The molecule has 0 N–H and O–H groups in total. The monoisotopic (exact) mass is 390 g/mol. The number of amides is 1. The van der Waals surface area contributed by atoms with E-state index in [4.69, 9.17) is 4.74 Å². The Hall–Kier alpha value is -2.87. The van der Waals surface area contributed by atoms with E-state index in [1.165, 1.54) is 36.4 Å². The quantitative estimate of drug-likeness (QED) is 0.625. The van der Waals surface area contributed by atoms with E-state index in [0.29, 0.717) is 15.0 Å². The fourth-order valence-corrected chi connectivity index (χ4v) is 3.61. The number of thiazole rings is 1. The van der Waals surface area contributed by atoms with Crippen molar-refractivity contribution >= 4 is 33.4 Å². The minimum atomic E-state index is -0.549. The van der Waals surface area contributed by atoms with Gasteiger partial charge < -0.3 is 9.30 Å². The van der Waals surface area contributed by atoms with Crippen molar-refractivity contribution in [3.8, 4) is 0 Å². The molecular formula is C19H16F2N2O3S. The number of hydrogen-bond acceptors (Lipinski definition) is 4. The molecule has 3 aromatic rings. The highest BCUT2D eigenvalue weighted by Gasteiger charge is 2.12. The highest BCUT2D eigenvalue weighted by molar-refractivity contribution is 7.16. The van der Waals surface area contributed by atoms with Gasteiger partial charge in [-0.2, -0.15) is 4.99 Å². The molecule has 0 radical (unpaired) electrons. The topological polar surface area (TPSA) is 60.7 Å². The molecule has 1 amide bonds. The average Bonchev–Trinajstić information content (AvgIpc) is 2.96. The fraction of sp³-hybridized carbons (Fsp3) is 0.211. The summed E-state index contributed by atoms with van der Waals surface area (Å²) in [5, 5.41) is 0. The number of nitrogens with zero attached hydrogens (tertiary/aromatic N) is 2. The zero-order valence-electron chi connectivity index (χ0n) is 14.4. The van der Waals surface area contributed by atoms with Crippen LogP contribution in [0.25, 0.3) is 10.2 Å². The summed E-state index contributed by atoms with van der Waals surface area (Å²) >= 11 is 1.14. The van der Waals surface area contributed by atoms with Gasteiger partial charge in [-0.15, -0.1) is 0 Å². The van der Waals surface area contributed by atoms with E-state index in [9.17, 15) is 18.4 Å². The van der Waals surface area contributed by atoms with Crippen molar-refractivity contribution in [3.63, 3.8) is 0 Å². The van der Waals surface area contributed by atoms with Gasteiger partial charge in [0.05, 0.1) is 23.2 Å². The number of carbonyl (C=O) groups is 2. The van der Waals surface area contributed by atoms with Crippen LogP contribution in [0.15, 0.2) is 47.5 Å². The van der Waals surface area contributed by atoms with Gasteiger partial charge in [0.1, 0.15) is 11.6 Å². The fourth-order valence-electron chi connectivity index (χ4n) is 2.53. The molecule has 0 unspecified atom stereocenters. The zero-order chi connectivity index (χ0) is 19.4. The predicted molar refractivity (Wildman–Crippen MR) is 97.3 cm³/mol. The molecule has 0 saturated heterocycles. The number of aryl methyl sites for hydroxylation is 1. The summed E-state index contributed by atoms with van der Waals surface area (Å²) in [4.78, 5) is 28.5. The Bertz CT molecular complexity index is 1050. The lowest BCUT2D eigenvalue weighted by Gasteiger charge is -2.05. The van der Waals surface area contributed by atoms with Crippen molar-refractivity contribution in [1.82, 2.24) is 4.57 Å². The van der Waals surface area contributed by atoms with Gasteiger partial charge in [0, 0.05) is 12.1 Å². The van der Waals surface area contributed by atoms with Gasteiger partial charge in [-0.05, 0) is 49.4 Å². The smallest absolute Gasteiger partial charge is 0.307 e. The minimum Gasteiger partial charge on any atom is -0.466 e. The normalized spacial score (nSPS) is 11.7. The Labute approximate surface area is 157 Å². The second-order valence-electron chi connectivity index (χ2n) is 5.63. The Morgan fingerprint density at radius 2 is 1.81 bits per heavy atom. The number of hydrogen-bond donors (Lipinski definition) is 0. The summed E-state index contributed by atoms with van der Waals surface area (Å²) in [5.74, 6) is -1.78. The van der Waals surface area contributed by atoms with Crippen molar-refractivity contribution in [2.24, 2.45) is 4.99 Å². The zero-order valence-corrected chi connectivity index (χ0v) is 15.3. The van der Waals surface area contributed by atoms with Crippen LogP contribution in [0.5, 0.6) is 0 Å². The van der Waals surface area contributed by atoms with Gasteiger partial charge >= 0.3 is 5.97 Å². The van der Waals surface area contributed by atoms with Crippen LogP contribution in [0.2, 0.25) is 0 Å². The highest BCUT2D eigenvalue weighted by atomic mass is 32.1. The molecule has 2 aromatic carbocycles. The number of fused-ring (bicyclic) bond motifs is 1. The first kappa shape index (κ1) is 18.9. The maximum absolute atomic E-state index is 13.5. The molecule has 5 nitrogen and oxygen atoms in total. The van der Waals surface area contributed by atoms with Crippen molar-refractivity contribution in [2.45, 2.75) is 19.9 Å². The maximum Gasteiger partial charge on any atom is 0.307 e. The molecule has 27 heavy (non-hydrogen) atoms. The molecule has 0 saturated carbocycles. The summed E-state index contributed by atoms with van der Waals surface area (Å²) in [6.07, 6.45) is 0.0922. The van der Waals surface area contributed by atoms with Gasteiger partial charge in [0.15, 0.2) is 4.80 Å². The minimum absolute atomic E-state index is 0.0922. The summed E-state index contributed by atoms with van der Waals surface area (Å²) < 4.78 is 33.8. The first-order chi connectivity index (χ1) is 13.0. The molecule has 3 rings (SSSR count). The van der Waals surface area contributed by atoms with E-state index in [0.717, 1.165) is 11.3 Å². The SMILES string of the molecule is CCOC(=O)CCn1c(=NC(=O)c2ccc(F)cc2)sc2cc(F)ccc21. The van der Waals surface area contributed by atoms with E-state index in [-0.39, 0.29) is 31.1 Å². The lowest BCUT2D eigenvalue weighted by atomic mass is 10.2. The summed E-state index contributed by atoms with van der Waals surface area (Å²) in [5.41, 5.74) is 0.897. The van der Waals surface area contributed by atoms with Crippen LogP contribution in [0.3, 0.4) is 0 Å². The molecule has 0 aliphatic rings. The lowest BCUT2D eigenvalue weighted by molar-refractivity contribution is -0.143. The van der Waals surface area contributed by atoms with Crippen LogP contribution in [0.1, 0.15) is 23.7 Å². The Morgan fingerprint density at radius 3 is 2.52 bits per heavy atom. The Balaban J connectivity index is 2.02. The molecule has 8 heteroatoms. The van der Waals surface area contributed by atoms with E-state index in [1.807, 2.05) is 0 Å². The first-order valence-electron chi connectivity index (χ1n) is 8.27. The number of benzene rings is 2. The number of carbonyl (C=O) groups excluding carboxylic acids is 2. The van der Waals surface area contributed by atoms with Crippen molar-refractivity contribution in [3.05, 3.63) is 64.5 Å². The Kier molecular flexibility index (Phi) is 5.75. The molecule has 0 fully saturated rings. The number of esters is 1. The van der Waals surface area contributed by atoms with Crippen LogP contribution in [0, 0.1) is 11.6 Å². The van der Waals surface area contributed by atoms with E-state index in [2.05, 4.69) is 4.99 Å². The third-order valence-electron chi connectivity index (χ3n) is 3.78. The molecule has 1 aromatic heterocycles. The molecule has 0 aliphatic carbocycles. The van der Waals surface area contributed by atoms with Crippen LogP contribution in [0.4, 0.5) is 8.78 Å². The van der Waals surface area contributed by atoms with Crippen molar-refractivity contribution in [1.29, 1.82) is 0 Å². The number of rotatable bonds is 5. The van der Waals surface area contributed by atoms with Crippen LogP contribution >= 0.6 is 11.3 Å². The van der Waals surface area contributed by atoms with Gasteiger partial charge in [-0.1, -0.05) is 11.3 Å². The largest absolute Gasteiger partial charge is 0.466 e.